The van der Waals surface area contributed by atoms with Gasteiger partial charge in [0.05, 0.1) is 5.02 Å². The second kappa shape index (κ2) is 5.69. The molecule has 1 aliphatic carbocycles. The maximum absolute atomic E-state index is 6.31. The molecule has 2 rings (SSSR count). The van der Waals surface area contributed by atoms with E-state index >= 15 is 0 Å². The molecule has 0 atom stereocenters. The summed E-state index contributed by atoms with van der Waals surface area (Å²) in [6.07, 6.45) is 4.62. The molecule has 0 amide bonds. The van der Waals surface area contributed by atoms with Crippen LogP contribution in [0.25, 0.3) is 0 Å². The molecule has 0 unspecified atom stereocenters. The number of nitrogens with zero attached hydrogens (tertiary/aromatic N) is 2. The zero-order chi connectivity index (χ0) is 12.3. The van der Waals surface area contributed by atoms with Crippen molar-refractivity contribution in [3.05, 3.63) is 22.8 Å². The van der Waals surface area contributed by atoms with Gasteiger partial charge in [-0.3, -0.25) is 0 Å². The summed E-state index contributed by atoms with van der Waals surface area (Å²) in [5.74, 6) is 1.78. The van der Waals surface area contributed by atoms with Crippen LogP contribution in [0.2, 0.25) is 5.02 Å². The minimum absolute atomic E-state index is 0.764. The zero-order valence-electron chi connectivity index (χ0n) is 10.5. The Morgan fingerprint density at radius 2 is 2.29 bits per heavy atom. The Hall–Kier alpha value is -0.800. The second-order valence-corrected chi connectivity index (χ2v) is 5.07. The number of rotatable bonds is 6. The number of halogens is 1. The van der Waals surface area contributed by atoms with Gasteiger partial charge in [-0.15, -0.1) is 0 Å². The monoisotopic (exact) mass is 253 g/mol. The maximum Gasteiger partial charge on any atom is 0.147 e. The third-order valence-electron chi connectivity index (χ3n) is 3.12. The molecule has 1 fully saturated rings. The zero-order valence-corrected chi connectivity index (χ0v) is 11.3. The van der Waals surface area contributed by atoms with Gasteiger partial charge in [0.25, 0.3) is 0 Å². The molecule has 17 heavy (non-hydrogen) atoms. The van der Waals surface area contributed by atoms with Gasteiger partial charge >= 0.3 is 0 Å². The summed E-state index contributed by atoms with van der Waals surface area (Å²) in [4.78, 5) is 6.78. The van der Waals surface area contributed by atoms with E-state index in [-0.39, 0.29) is 0 Å². The van der Waals surface area contributed by atoms with Crippen LogP contribution in [-0.2, 0) is 6.54 Å². The van der Waals surface area contributed by atoms with Crippen LogP contribution >= 0.6 is 11.6 Å². The van der Waals surface area contributed by atoms with Crippen molar-refractivity contribution in [1.29, 1.82) is 0 Å². The highest BCUT2D eigenvalue weighted by atomic mass is 35.5. The fourth-order valence-corrected chi connectivity index (χ4v) is 2.29. The van der Waals surface area contributed by atoms with Crippen molar-refractivity contribution < 1.29 is 0 Å². The van der Waals surface area contributed by atoms with Gasteiger partial charge in [-0.05, 0) is 44.4 Å². The first kappa shape index (κ1) is 12.7. The molecule has 1 N–H and O–H groups in total. The fraction of sp³-hybridized carbons (Fsp3) is 0.615. The van der Waals surface area contributed by atoms with Crippen molar-refractivity contribution in [1.82, 2.24) is 10.3 Å². The smallest absolute Gasteiger partial charge is 0.147 e. The average Bonchev–Trinajstić information content (AvgIpc) is 3.11. The van der Waals surface area contributed by atoms with Crippen LogP contribution in [0.5, 0.6) is 0 Å². The van der Waals surface area contributed by atoms with E-state index in [4.69, 9.17) is 11.6 Å². The summed E-state index contributed by atoms with van der Waals surface area (Å²) in [6.45, 7) is 5.02. The third-order valence-corrected chi connectivity index (χ3v) is 3.39. The van der Waals surface area contributed by atoms with E-state index in [9.17, 15) is 0 Å². The van der Waals surface area contributed by atoms with E-state index in [1.54, 1.807) is 0 Å². The quantitative estimate of drug-likeness (QED) is 0.845. The normalized spacial score (nSPS) is 15.0. The molecular formula is C13H20ClN3. The summed E-state index contributed by atoms with van der Waals surface area (Å²) in [6, 6.07) is 2.01. The van der Waals surface area contributed by atoms with Crippen molar-refractivity contribution in [2.24, 2.45) is 5.92 Å². The molecule has 1 aromatic heterocycles. The Balaban J connectivity index is 2.12. The molecule has 0 aromatic carbocycles. The van der Waals surface area contributed by atoms with Crippen molar-refractivity contribution in [2.75, 3.05) is 25.0 Å². The summed E-state index contributed by atoms with van der Waals surface area (Å²) in [7, 11) is 1.92. The number of hydrogen-bond donors (Lipinski definition) is 1. The van der Waals surface area contributed by atoms with Crippen LogP contribution in [0.3, 0.4) is 0 Å². The molecule has 4 heteroatoms. The van der Waals surface area contributed by atoms with Gasteiger partial charge in [0, 0.05) is 25.8 Å². The SMILES string of the molecule is CCN(CC1CC1)c1ncc(CNC)cc1Cl. The van der Waals surface area contributed by atoms with E-state index in [0.717, 1.165) is 42.0 Å². The highest BCUT2D eigenvalue weighted by molar-refractivity contribution is 6.33. The topological polar surface area (TPSA) is 28.2 Å². The molecule has 0 aliphatic heterocycles. The van der Waals surface area contributed by atoms with Crippen molar-refractivity contribution in [3.8, 4) is 0 Å². The minimum Gasteiger partial charge on any atom is -0.355 e. The lowest BCUT2D eigenvalue weighted by Crippen LogP contribution is -2.26. The lowest BCUT2D eigenvalue weighted by Gasteiger charge is -2.23. The van der Waals surface area contributed by atoms with Crippen LogP contribution in [-0.4, -0.2) is 25.1 Å². The highest BCUT2D eigenvalue weighted by Gasteiger charge is 2.25. The van der Waals surface area contributed by atoms with Crippen LogP contribution < -0.4 is 10.2 Å². The lowest BCUT2D eigenvalue weighted by atomic mass is 10.2. The number of hydrogen-bond acceptors (Lipinski definition) is 3. The van der Waals surface area contributed by atoms with Crippen molar-refractivity contribution in [2.45, 2.75) is 26.3 Å². The Morgan fingerprint density at radius 1 is 1.53 bits per heavy atom. The second-order valence-electron chi connectivity index (χ2n) is 4.66. The average molecular weight is 254 g/mol. The third kappa shape index (κ3) is 3.33. The maximum atomic E-state index is 6.31. The Bertz CT molecular complexity index is 377. The Morgan fingerprint density at radius 3 is 2.82 bits per heavy atom. The summed E-state index contributed by atoms with van der Waals surface area (Å²) >= 11 is 6.31. The Kier molecular flexibility index (Phi) is 4.24. The number of nitrogens with one attached hydrogen (secondary N) is 1. The summed E-state index contributed by atoms with van der Waals surface area (Å²) < 4.78 is 0. The van der Waals surface area contributed by atoms with E-state index in [1.165, 1.54) is 12.8 Å². The van der Waals surface area contributed by atoms with Gasteiger partial charge < -0.3 is 10.2 Å². The van der Waals surface area contributed by atoms with Gasteiger partial charge in [-0.1, -0.05) is 11.6 Å². The molecule has 0 bridgehead atoms. The predicted molar refractivity (Wildman–Crippen MR) is 72.6 cm³/mol. The molecule has 94 valence electrons. The van der Waals surface area contributed by atoms with Gasteiger partial charge in [0.1, 0.15) is 5.82 Å². The van der Waals surface area contributed by atoms with Crippen LogP contribution in [0.1, 0.15) is 25.3 Å². The minimum atomic E-state index is 0.764. The van der Waals surface area contributed by atoms with Crippen LogP contribution in [0.4, 0.5) is 5.82 Å². The Labute approximate surface area is 108 Å². The lowest BCUT2D eigenvalue weighted by molar-refractivity contribution is 0.730. The molecule has 1 saturated carbocycles. The number of pyridine rings is 1. The molecule has 3 nitrogen and oxygen atoms in total. The summed E-state index contributed by atoms with van der Waals surface area (Å²) in [5.41, 5.74) is 1.13. The van der Waals surface area contributed by atoms with Gasteiger partial charge in [0.2, 0.25) is 0 Å². The first-order valence-electron chi connectivity index (χ1n) is 6.28. The highest BCUT2D eigenvalue weighted by Crippen LogP contribution is 2.32. The molecule has 0 radical (unpaired) electrons. The predicted octanol–water partition coefficient (Wildman–Crippen LogP) is 2.69. The van der Waals surface area contributed by atoms with E-state index in [1.807, 2.05) is 19.3 Å². The van der Waals surface area contributed by atoms with E-state index in [2.05, 4.69) is 22.1 Å². The molecule has 1 aliphatic rings. The largest absolute Gasteiger partial charge is 0.355 e. The van der Waals surface area contributed by atoms with Gasteiger partial charge in [-0.2, -0.15) is 0 Å². The molecular weight excluding hydrogens is 234 g/mol. The number of aromatic nitrogens is 1. The van der Waals surface area contributed by atoms with Crippen LogP contribution in [0.15, 0.2) is 12.3 Å². The first-order chi connectivity index (χ1) is 8.24. The first-order valence-corrected chi connectivity index (χ1v) is 6.66. The van der Waals surface area contributed by atoms with Gasteiger partial charge in [0.15, 0.2) is 0 Å². The van der Waals surface area contributed by atoms with Gasteiger partial charge in [-0.25, -0.2) is 4.98 Å². The fourth-order valence-electron chi connectivity index (χ4n) is 1.98. The number of anilines is 1. The molecule has 0 saturated heterocycles. The van der Waals surface area contributed by atoms with Crippen molar-refractivity contribution >= 4 is 17.4 Å². The van der Waals surface area contributed by atoms with E-state index in [0.29, 0.717) is 0 Å². The molecule has 1 heterocycles. The summed E-state index contributed by atoms with van der Waals surface area (Å²) in [5, 5.41) is 3.87. The van der Waals surface area contributed by atoms with Crippen molar-refractivity contribution in [3.63, 3.8) is 0 Å². The standard InChI is InChI=1S/C13H20ClN3/c1-3-17(9-10-4-5-10)13-12(14)6-11(7-15-2)8-16-13/h6,8,10,15H,3-5,7,9H2,1-2H3. The van der Waals surface area contributed by atoms with Crippen LogP contribution in [0, 0.1) is 5.92 Å². The van der Waals surface area contributed by atoms with E-state index < -0.39 is 0 Å². The molecule has 0 spiro atoms. The molecule has 1 aromatic rings.